The smallest absolute Gasteiger partial charge is 0.251 e. The van der Waals surface area contributed by atoms with Gasteiger partial charge in [0, 0.05) is 31.2 Å². The van der Waals surface area contributed by atoms with Gasteiger partial charge >= 0.3 is 0 Å². The number of carbonyl (C=O) groups excluding carboxylic acids is 1. The van der Waals surface area contributed by atoms with E-state index < -0.39 is 0 Å². The van der Waals surface area contributed by atoms with Crippen molar-refractivity contribution in [3.63, 3.8) is 0 Å². The summed E-state index contributed by atoms with van der Waals surface area (Å²) in [5.41, 5.74) is 2.76. The van der Waals surface area contributed by atoms with Crippen LogP contribution in [0.5, 0.6) is 11.5 Å². The number of methoxy groups -OCH3 is 1. The van der Waals surface area contributed by atoms with E-state index in [4.69, 9.17) is 19.2 Å². The van der Waals surface area contributed by atoms with Crippen LogP contribution in [0.4, 0.5) is 0 Å². The quantitative estimate of drug-likeness (QED) is 0.635. The maximum absolute atomic E-state index is 12.9. The van der Waals surface area contributed by atoms with Crippen molar-refractivity contribution in [2.24, 2.45) is 0 Å². The second-order valence-electron chi connectivity index (χ2n) is 8.50. The highest BCUT2D eigenvalue weighted by Crippen LogP contribution is 2.35. The Morgan fingerprint density at radius 1 is 1.16 bits per heavy atom. The maximum atomic E-state index is 12.9. The molecule has 1 N–H and O–H groups in total. The highest BCUT2D eigenvalue weighted by molar-refractivity contribution is 5.95. The fourth-order valence-electron chi connectivity index (χ4n) is 4.83. The van der Waals surface area contributed by atoms with E-state index in [0.717, 1.165) is 49.1 Å². The Morgan fingerprint density at radius 2 is 2.00 bits per heavy atom. The van der Waals surface area contributed by atoms with Gasteiger partial charge in [0.05, 0.1) is 17.6 Å². The van der Waals surface area contributed by atoms with Crippen LogP contribution in [-0.2, 0) is 11.3 Å². The van der Waals surface area contributed by atoms with Gasteiger partial charge in [0.2, 0.25) is 0 Å². The van der Waals surface area contributed by atoms with E-state index in [-0.39, 0.29) is 11.9 Å². The third-order valence-electron chi connectivity index (χ3n) is 6.38. The lowest BCUT2D eigenvalue weighted by Gasteiger charge is -2.30. The zero-order chi connectivity index (χ0) is 21.9. The summed E-state index contributed by atoms with van der Waals surface area (Å²) in [4.78, 5) is 17.9. The van der Waals surface area contributed by atoms with Gasteiger partial charge in [-0.2, -0.15) is 0 Å². The molecule has 2 aromatic carbocycles. The number of para-hydroxylation sites is 2. The molecule has 32 heavy (non-hydrogen) atoms. The Labute approximate surface area is 187 Å². The van der Waals surface area contributed by atoms with Gasteiger partial charge in [-0.25, -0.2) is 4.98 Å². The largest absolute Gasteiger partial charge is 0.486 e. The van der Waals surface area contributed by atoms with Crippen molar-refractivity contribution in [1.82, 2.24) is 14.9 Å². The molecule has 0 bridgehead atoms. The number of benzene rings is 2. The summed E-state index contributed by atoms with van der Waals surface area (Å²) in [6.07, 6.45) is 3.99. The van der Waals surface area contributed by atoms with Crippen LogP contribution in [0, 0.1) is 0 Å². The SMILES string of the molecule is COCCn1c([C@H]2CCC[C@@H](NC(=O)c3ccc4c(c3)OCCO4)C2)nc2ccccc21. The summed E-state index contributed by atoms with van der Waals surface area (Å²) in [5, 5.41) is 3.24. The maximum Gasteiger partial charge on any atom is 0.251 e. The number of carbonyl (C=O) groups is 1. The molecular weight excluding hydrogens is 406 g/mol. The van der Waals surface area contributed by atoms with E-state index in [1.54, 1.807) is 19.2 Å². The number of nitrogens with one attached hydrogen (secondary N) is 1. The lowest BCUT2D eigenvalue weighted by atomic mass is 9.85. The number of aromatic nitrogens is 2. The summed E-state index contributed by atoms with van der Waals surface area (Å²) in [7, 11) is 1.73. The van der Waals surface area contributed by atoms with E-state index in [9.17, 15) is 4.79 Å². The van der Waals surface area contributed by atoms with Crippen LogP contribution in [-0.4, -0.2) is 48.4 Å². The topological polar surface area (TPSA) is 74.6 Å². The number of ether oxygens (including phenoxy) is 3. The zero-order valence-corrected chi connectivity index (χ0v) is 18.4. The molecule has 1 aromatic heterocycles. The van der Waals surface area contributed by atoms with Crippen molar-refractivity contribution in [3.05, 3.63) is 53.9 Å². The highest BCUT2D eigenvalue weighted by Gasteiger charge is 2.29. The molecule has 2 atom stereocenters. The molecule has 0 spiro atoms. The van der Waals surface area contributed by atoms with E-state index in [1.165, 1.54) is 0 Å². The first kappa shape index (κ1) is 20.8. The lowest BCUT2D eigenvalue weighted by molar-refractivity contribution is 0.0923. The minimum absolute atomic E-state index is 0.0690. The average molecular weight is 436 g/mol. The van der Waals surface area contributed by atoms with Crippen LogP contribution in [0.15, 0.2) is 42.5 Å². The van der Waals surface area contributed by atoms with Crippen molar-refractivity contribution in [3.8, 4) is 11.5 Å². The van der Waals surface area contributed by atoms with E-state index in [0.29, 0.717) is 42.8 Å². The van der Waals surface area contributed by atoms with E-state index in [1.807, 2.05) is 18.2 Å². The number of fused-ring (bicyclic) bond motifs is 2. The molecule has 5 rings (SSSR count). The lowest BCUT2D eigenvalue weighted by Crippen LogP contribution is -2.38. The van der Waals surface area contributed by atoms with Gasteiger partial charge < -0.3 is 24.1 Å². The van der Waals surface area contributed by atoms with Gasteiger partial charge in [-0.05, 0) is 49.6 Å². The number of amides is 1. The third-order valence-corrected chi connectivity index (χ3v) is 6.38. The van der Waals surface area contributed by atoms with Gasteiger partial charge in [0.1, 0.15) is 19.0 Å². The summed E-state index contributed by atoms with van der Waals surface area (Å²) in [6, 6.07) is 13.8. The van der Waals surface area contributed by atoms with Crippen LogP contribution in [0.2, 0.25) is 0 Å². The molecule has 3 aromatic rings. The number of rotatable bonds is 6. The van der Waals surface area contributed by atoms with Gasteiger partial charge in [0.25, 0.3) is 5.91 Å². The van der Waals surface area contributed by atoms with Crippen molar-refractivity contribution in [2.45, 2.75) is 44.2 Å². The molecule has 7 heteroatoms. The zero-order valence-electron chi connectivity index (χ0n) is 18.4. The molecule has 0 radical (unpaired) electrons. The number of hydrogen-bond acceptors (Lipinski definition) is 5. The molecule has 2 aliphatic rings. The molecule has 1 aliphatic carbocycles. The Hall–Kier alpha value is -3.06. The first-order valence-electron chi connectivity index (χ1n) is 11.4. The van der Waals surface area contributed by atoms with Crippen LogP contribution in [0.1, 0.15) is 47.8 Å². The Bertz CT molecular complexity index is 1110. The predicted molar refractivity (Wildman–Crippen MR) is 122 cm³/mol. The summed E-state index contributed by atoms with van der Waals surface area (Å²) in [5.74, 6) is 2.67. The Balaban J connectivity index is 1.32. The Morgan fingerprint density at radius 3 is 2.88 bits per heavy atom. The fraction of sp³-hybridized carbons (Fsp3) is 0.440. The van der Waals surface area contributed by atoms with Crippen molar-refractivity contribution in [2.75, 3.05) is 26.9 Å². The summed E-state index contributed by atoms with van der Waals surface area (Å²) >= 11 is 0. The second kappa shape index (κ2) is 9.20. The molecule has 0 unspecified atom stereocenters. The first-order valence-corrected chi connectivity index (χ1v) is 11.4. The fourth-order valence-corrected chi connectivity index (χ4v) is 4.83. The number of nitrogens with zero attached hydrogens (tertiary/aromatic N) is 2. The van der Waals surface area contributed by atoms with E-state index in [2.05, 4.69) is 22.0 Å². The van der Waals surface area contributed by atoms with Crippen LogP contribution in [0.3, 0.4) is 0 Å². The highest BCUT2D eigenvalue weighted by atomic mass is 16.6. The van der Waals surface area contributed by atoms with Crippen LogP contribution < -0.4 is 14.8 Å². The molecule has 1 amide bonds. The molecule has 1 fully saturated rings. The first-order chi connectivity index (χ1) is 15.7. The van der Waals surface area contributed by atoms with Crippen molar-refractivity contribution >= 4 is 16.9 Å². The minimum Gasteiger partial charge on any atom is -0.486 e. The molecule has 2 heterocycles. The molecule has 1 aliphatic heterocycles. The van der Waals surface area contributed by atoms with Gasteiger partial charge in [-0.1, -0.05) is 18.6 Å². The van der Waals surface area contributed by atoms with Gasteiger partial charge in [-0.15, -0.1) is 0 Å². The Kier molecular flexibility index (Phi) is 5.99. The van der Waals surface area contributed by atoms with E-state index >= 15 is 0 Å². The monoisotopic (exact) mass is 435 g/mol. The summed E-state index contributed by atoms with van der Waals surface area (Å²) < 4.78 is 18.8. The molecule has 1 saturated carbocycles. The predicted octanol–water partition coefficient (Wildman–Crippen LogP) is 3.91. The average Bonchev–Trinajstić information content (AvgIpc) is 3.21. The molecule has 0 saturated heterocycles. The van der Waals surface area contributed by atoms with Crippen LogP contribution in [0.25, 0.3) is 11.0 Å². The normalized spacial score (nSPS) is 20.3. The van der Waals surface area contributed by atoms with Crippen molar-refractivity contribution in [1.29, 1.82) is 0 Å². The molecular formula is C25H29N3O4. The number of imidazole rings is 1. The van der Waals surface area contributed by atoms with Crippen molar-refractivity contribution < 1.29 is 19.0 Å². The second-order valence-corrected chi connectivity index (χ2v) is 8.50. The number of hydrogen-bond donors (Lipinski definition) is 1. The summed E-state index contributed by atoms with van der Waals surface area (Å²) in [6.45, 7) is 2.46. The van der Waals surface area contributed by atoms with Gasteiger partial charge in [-0.3, -0.25) is 4.79 Å². The standard InChI is InChI=1S/C25H29N3O4/c1-30-12-11-28-21-8-3-2-7-20(21)27-24(28)17-5-4-6-19(15-17)26-25(29)18-9-10-22-23(16-18)32-14-13-31-22/h2-3,7-10,16-17,19H,4-6,11-15H2,1H3,(H,26,29)/t17-,19+/m0/s1. The minimum atomic E-state index is -0.0690. The molecule has 7 nitrogen and oxygen atoms in total. The third kappa shape index (κ3) is 4.17. The van der Waals surface area contributed by atoms with Crippen LogP contribution >= 0.6 is 0 Å². The van der Waals surface area contributed by atoms with Gasteiger partial charge in [0.15, 0.2) is 11.5 Å². The molecule has 168 valence electrons.